The van der Waals surface area contributed by atoms with Gasteiger partial charge in [-0.1, -0.05) is 0 Å². The van der Waals surface area contributed by atoms with Crippen LogP contribution in [0.25, 0.3) is 10.8 Å². The Morgan fingerprint density at radius 1 is 1.14 bits per heavy atom. The quantitative estimate of drug-likeness (QED) is 0.455. The lowest BCUT2D eigenvalue weighted by molar-refractivity contribution is 0.561. The fourth-order valence-electron chi connectivity index (χ4n) is 2.37. The summed E-state index contributed by atoms with van der Waals surface area (Å²) in [5.74, 6) is 0. The summed E-state index contributed by atoms with van der Waals surface area (Å²) in [5, 5.41) is 5.40. The SMILES string of the molecule is CCN(CCCCN=C=O)c1ccc2c(=O)[nH][nH]c(=O)c2c1. The molecular weight excluding hydrogens is 284 g/mol. The molecule has 2 rings (SSSR count). The zero-order valence-electron chi connectivity index (χ0n) is 12.4. The number of hydrogen-bond acceptors (Lipinski definition) is 5. The van der Waals surface area contributed by atoms with Crippen LogP contribution < -0.4 is 16.0 Å². The minimum absolute atomic E-state index is 0.309. The third kappa shape index (κ3) is 3.51. The van der Waals surface area contributed by atoms with Crippen LogP contribution in [0.3, 0.4) is 0 Å². The van der Waals surface area contributed by atoms with Gasteiger partial charge in [-0.15, -0.1) is 0 Å². The van der Waals surface area contributed by atoms with E-state index < -0.39 is 0 Å². The average molecular weight is 302 g/mol. The minimum atomic E-state index is -0.312. The number of benzene rings is 1. The second-order valence-corrected chi connectivity index (χ2v) is 4.90. The fraction of sp³-hybridized carbons (Fsp3) is 0.400. The maximum absolute atomic E-state index is 11.8. The van der Waals surface area contributed by atoms with Gasteiger partial charge in [0, 0.05) is 18.8 Å². The molecule has 0 saturated heterocycles. The predicted molar refractivity (Wildman–Crippen MR) is 85.3 cm³/mol. The number of fused-ring (bicyclic) bond motifs is 1. The molecule has 0 aliphatic heterocycles. The topological polar surface area (TPSA) is 98.4 Å². The van der Waals surface area contributed by atoms with Gasteiger partial charge in [-0.05, 0) is 38.0 Å². The third-order valence-electron chi connectivity index (χ3n) is 3.54. The van der Waals surface area contributed by atoms with Gasteiger partial charge in [0.25, 0.3) is 11.1 Å². The molecule has 1 aromatic heterocycles. The molecular formula is C15H18N4O3. The van der Waals surface area contributed by atoms with Crippen LogP contribution in [0.1, 0.15) is 19.8 Å². The third-order valence-corrected chi connectivity index (χ3v) is 3.54. The second kappa shape index (κ2) is 7.38. The van der Waals surface area contributed by atoms with Crippen LogP contribution in [-0.2, 0) is 4.79 Å². The molecule has 2 N–H and O–H groups in total. The number of rotatable bonds is 7. The lowest BCUT2D eigenvalue weighted by Crippen LogP contribution is -2.25. The number of anilines is 1. The van der Waals surface area contributed by atoms with Crippen LogP contribution in [0.5, 0.6) is 0 Å². The lowest BCUT2D eigenvalue weighted by atomic mass is 10.1. The highest BCUT2D eigenvalue weighted by Gasteiger charge is 2.08. The van der Waals surface area contributed by atoms with E-state index >= 15 is 0 Å². The number of nitrogens with zero attached hydrogens (tertiary/aromatic N) is 2. The highest BCUT2D eigenvalue weighted by Crippen LogP contribution is 2.18. The van der Waals surface area contributed by atoms with E-state index in [1.165, 1.54) is 6.08 Å². The summed E-state index contributed by atoms with van der Waals surface area (Å²) in [5.41, 5.74) is 0.272. The van der Waals surface area contributed by atoms with E-state index in [4.69, 9.17) is 0 Å². The van der Waals surface area contributed by atoms with Crippen LogP contribution in [0, 0.1) is 0 Å². The van der Waals surface area contributed by atoms with E-state index in [0.717, 1.165) is 31.6 Å². The first-order valence-corrected chi connectivity index (χ1v) is 7.20. The maximum Gasteiger partial charge on any atom is 0.270 e. The summed E-state index contributed by atoms with van der Waals surface area (Å²) < 4.78 is 0. The van der Waals surface area contributed by atoms with E-state index in [1.807, 2.05) is 13.0 Å². The fourth-order valence-corrected chi connectivity index (χ4v) is 2.37. The average Bonchev–Trinajstić information content (AvgIpc) is 2.54. The minimum Gasteiger partial charge on any atom is -0.372 e. The predicted octanol–water partition coefficient (Wildman–Crippen LogP) is 1.16. The molecule has 0 amide bonds. The molecule has 0 unspecified atom stereocenters. The normalized spacial score (nSPS) is 10.4. The van der Waals surface area contributed by atoms with Gasteiger partial charge in [-0.25, -0.2) is 9.79 Å². The molecule has 0 aliphatic carbocycles. The molecule has 0 saturated carbocycles. The Morgan fingerprint density at radius 2 is 1.86 bits per heavy atom. The molecule has 1 aromatic carbocycles. The zero-order chi connectivity index (χ0) is 15.9. The number of unbranched alkanes of at least 4 members (excludes halogenated alkanes) is 1. The van der Waals surface area contributed by atoms with E-state index in [-0.39, 0.29) is 11.1 Å². The Labute approximate surface area is 126 Å². The summed E-state index contributed by atoms with van der Waals surface area (Å²) in [7, 11) is 0. The number of aromatic nitrogens is 2. The van der Waals surface area contributed by atoms with Gasteiger partial charge in [0.05, 0.1) is 17.3 Å². The van der Waals surface area contributed by atoms with E-state index in [9.17, 15) is 14.4 Å². The Morgan fingerprint density at radius 3 is 2.55 bits per heavy atom. The van der Waals surface area contributed by atoms with Gasteiger partial charge in [-0.2, -0.15) is 0 Å². The molecule has 0 fully saturated rings. The monoisotopic (exact) mass is 302 g/mol. The number of aromatic amines is 2. The van der Waals surface area contributed by atoms with Crippen LogP contribution in [-0.4, -0.2) is 35.9 Å². The second-order valence-electron chi connectivity index (χ2n) is 4.90. The molecule has 2 aromatic rings. The Kier molecular flexibility index (Phi) is 5.27. The molecule has 0 atom stereocenters. The van der Waals surface area contributed by atoms with E-state index in [1.54, 1.807) is 12.1 Å². The van der Waals surface area contributed by atoms with Crippen molar-refractivity contribution in [3.05, 3.63) is 38.9 Å². The van der Waals surface area contributed by atoms with Crippen molar-refractivity contribution in [1.29, 1.82) is 0 Å². The first kappa shape index (κ1) is 15.7. The maximum atomic E-state index is 11.8. The Hall–Kier alpha value is -2.66. The van der Waals surface area contributed by atoms with Gasteiger partial charge in [0.1, 0.15) is 0 Å². The van der Waals surface area contributed by atoms with Crippen LogP contribution in [0.2, 0.25) is 0 Å². The number of hydrogen-bond donors (Lipinski definition) is 2. The van der Waals surface area contributed by atoms with Crippen molar-refractivity contribution in [1.82, 2.24) is 10.2 Å². The number of aliphatic imine (C=N–C) groups is 1. The molecule has 0 spiro atoms. The molecule has 7 nitrogen and oxygen atoms in total. The molecule has 7 heteroatoms. The van der Waals surface area contributed by atoms with Crippen molar-refractivity contribution in [3.8, 4) is 0 Å². The highest BCUT2D eigenvalue weighted by molar-refractivity contribution is 5.84. The number of nitrogens with one attached hydrogen (secondary N) is 2. The first-order chi connectivity index (χ1) is 10.7. The van der Waals surface area contributed by atoms with Crippen LogP contribution in [0.4, 0.5) is 5.69 Å². The molecule has 1 heterocycles. The smallest absolute Gasteiger partial charge is 0.270 e. The number of H-pyrrole nitrogens is 2. The number of carbonyl (C=O) groups excluding carboxylic acids is 1. The standard InChI is InChI=1S/C15H18N4O3/c1-2-19(8-4-3-7-16-10-20)11-5-6-12-13(9-11)15(22)18-17-14(12)21/h5-6,9H,2-4,7-8H2,1H3,(H,17,21)(H,18,22). The zero-order valence-corrected chi connectivity index (χ0v) is 12.4. The van der Waals surface area contributed by atoms with Crippen molar-refractivity contribution in [2.45, 2.75) is 19.8 Å². The summed E-state index contributed by atoms with van der Waals surface area (Å²) in [4.78, 5) is 39.1. The van der Waals surface area contributed by atoms with Crippen LogP contribution >= 0.6 is 0 Å². The van der Waals surface area contributed by atoms with Gasteiger partial charge < -0.3 is 4.90 Å². The van der Waals surface area contributed by atoms with E-state index in [2.05, 4.69) is 20.1 Å². The van der Waals surface area contributed by atoms with Gasteiger partial charge in [-0.3, -0.25) is 19.8 Å². The van der Waals surface area contributed by atoms with Crippen LogP contribution in [0.15, 0.2) is 32.8 Å². The van der Waals surface area contributed by atoms with Gasteiger partial charge in [0.2, 0.25) is 6.08 Å². The highest BCUT2D eigenvalue weighted by atomic mass is 16.1. The summed E-state index contributed by atoms with van der Waals surface area (Å²) in [6.45, 7) is 4.07. The Bertz CT molecular complexity index is 802. The van der Waals surface area contributed by atoms with Crippen molar-refractivity contribution in [2.24, 2.45) is 4.99 Å². The molecule has 0 radical (unpaired) electrons. The van der Waals surface area contributed by atoms with Crippen molar-refractivity contribution in [3.63, 3.8) is 0 Å². The van der Waals surface area contributed by atoms with Crippen molar-refractivity contribution in [2.75, 3.05) is 24.5 Å². The molecule has 0 aliphatic rings. The largest absolute Gasteiger partial charge is 0.372 e. The Balaban J connectivity index is 2.21. The molecule has 0 bridgehead atoms. The van der Waals surface area contributed by atoms with Gasteiger partial charge in [0.15, 0.2) is 0 Å². The summed E-state index contributed by atoms with van der Waals surface area (Å²) in [6, 6.07) is 5.23. The number of isocyanates is 1. The van der Waals surface area contributed by atoms with E-state index in [0.29, 0.717) is 17.3 Å². The lowest BCUT2D eigenvalue weighted by Gasteiger charge is -2.23. The molecule has 22 heavy (non-hydrogen) atoms. The van der Waals surface area contributed by atoms with Crippen molar-refractivity contribution >= 4 is 22.5 Å². The first-order valence-electron chi connectivity index (χ1n) is 7.20. The summed E-state index contributed by atoms with van der Waals surface area (Å²) >= 11 is 0. The van der Waals surface area contributed by atoms with Crippen molar-refractivity contribution < 1.29 is 4.79 Å². The molecule has 116 valence electrons. The summed E-state index contributed by atoms with van der Waals surface area (Å²) in [6.07, 6.45) is 3.21. The van der Waals surface area contributed by atoms with Gasteiger partial charge >= 0.3 is 0 Å².